The molecular formula is C17H25N5OS. The van der Waals surface area contributed by atoms with Crippen LogP contribution in [0.15, 0.2) is 12.4 Å². The van der Waals surface area contributed by atoms with Gasteiger partial charge in [0.25, 0.3) is 0 Å². The highest BCUT2D eigenvalue weighted by molar-refractivity contribution is 7.11. The Kier molecular flexibility index (Phi) is 5.63. The zero-order chi connectivity index (χ0) is 16.9. The van der Waals surface area contributed by atoms with Gasteiger partial charge in [-0.05, 0) is 26.2 Å². The summed E-state index contributed by atoms with van der Waals surface area (Å²) in [6.07, 6.45) is 5.60. The standard InChI is InChI=1S/C17H25N5OS/c1-3-14-12(2)24-17(21-14)6-7-18-15-9-16(20-11-19-15)22-8-4-5-13(22)10-23/h9,11,13,23H,3-8,10H2,1-2H3,(H,18,19,20). The molecule has 7 heteroatoms. The van der Waals surface area contributed by atoms with Crippen molar-refractivity contribution >= 4 is 23.0 Å². The van der Waals surface area contributed by atoms with Crippen molar-refractivity contribution in [1.82, 2.24) is 15.0 Å². The van der Waals surface area contributed by atoms with Gasteiger partial charge in [-0.25, -0.2) is 15.0 Å². The normalized spacial score (nSPS) is 17.5. The number of nitrogens with one attached hydrogen (secondary N) is 1. The van der Waals surface area contributed by atoms with E-state index in [9.17, 15) is 5.11 Å². The molecule has 2 aromatic rings. The second kappa shape index (κ2) is 7.90. The van der Waals surface area contributed by atoms with Gasteiger partial charge in [-0.1, -0.05) is 6.92 Å². The zero-order valence-corrected chi connectivity index (χ0v) is 15.1. The summed E-state index contributed by atoms with van der Waals surface area (Å²) in [5, 5.41) is 14.0. The maximum atomic E-state index is 9.47. The van der Waals surface area contributed by atoms with Gasteiger partial charge in [0.05, 0.1) is 23.4 Å². The van der Waals surface area contributed by atoms with Crippen LogP contribution in [-0.4, -0.2) is 45.8 Å². The summed E-state index contributed by atoms with van der Waals surface area (Å²) in [7, 11) is 0. The number of aliphatic hydroxyl groups excluding tert-OH is 1. The van der Waals surface area contributed by atoms with Crippen LogP contribution in [0.3, 0.4) is 0 Å². The minimum absolute atomic E-state index is 0.177. The van der Waals surface area contributed by atoms with Gasteiger partial charge in [-0.2, -0.15) is 0 Å². The molecule has 24 heavy (non-hydrogen) atoms. The van der Waals surface area contributed by atoms with E-state index in [4.69, 9.17) is 0 Å². The molecular weight excluding hydrogens is 322 g/mol. The molecule has 0 aromatic carbocycles. The Labute approximate surface area is 147 Å². The van der Waals surface area contributed by atoms with Crippen LogP contribution >= 0.6 is 11.3 Å². The molecule has 1 unspecified atom stereocenters. The lowest BCUT2D eigenvalue weighted by molar-refractivity contribution is 0.266. The van der Waals surface area contributed by atoms with E-state index in [0.29, 0.717) is 0 Å². The molecule has 1 atom stereocenters. The molecule has 0 aliphatic carbocycles. The highest BCUT2D eigenvalue weighted by atomic mass is 32.1. The van der Waals surface area contributed by atoms with Crippen molar-refractivity contribution in [2.24, 2.45) is 0 Å². The first-order valence-electron chi connectivity index (χ1n) is 8.59. The fraction of sp³-hybridized carbons (Fsp3) is 0.588. The predicted molar refractivity (Wildman–Crippen MR) is 97.9 cm³/mol. The highest BCUT2D eigenvalue weighted by Gasteiger charge is 2.25. The van der Waals surface area contributed by atoms with E-state index in [1.54, 1.807) is 17.7 Å². The molecule has 3 heterocycles. The van der Waals surface area contributed by atoms with Crippen LogP contribution in [0, 0.1) is 6.92 Å². The lowest BCUT2D eigenvalue weighted by atomic mass is 10.2. The molecule has 0 amide bonds. The van der Waals surface area contributed by atoms with Crippen molar-refractivity contribution in [3.63, 3.8) is 0 Å². The first kappa shape index (κ1) is 17.1. The first-order valence-corrected chi connectivity index (χ1v) is 9.41. The van der Waals surface area contributed by atoms with E-state index in [0.717, 1.165) is 50.4 Å². The van der Waals surface area contributed by atoms with Gasteiger partial charge in [0.1, 0.15) is 18.0 Å². The number of nitrogens with zero attached hydrogens (tertiary/aromatic N) is 4. The van der Waals surface area contributed by atoms with Crippen LogP contribution in [0.5, 0.6) is 0 Å². The quantitative estimate of drug-likeness (QED) is 0.801. The van der Waals surface area contributed by atoms with E-state index in [1.165, 1.54) is 15.6 Å². The Morgan fingerprint density at radius 2 is 2.29 bits per heavy atom. The Hall–Kier alpha value is -1.73. The summed E-state index contributed by atoms with van der Waals surface area (Å²) >= 11 is 1.78. The molecule has 1 fully saturated rings. The summed E-state index contributed by atoms with van der Waals surface area (Å²) < 4.78 is 0. The number of aromatic nitrogens is 3. The van der Waals surface area contributed by atoms with Crippen LogP contribution in [-0.2, 0) is 12.8 Å². The molecule has 130 valence electrons. The van der Waals surface area contributed by atoms with Crippen LogP contribution in [0.1, 0.15) is 35.3 Å². The lowest BCUT2D eigenvalue weighted by Crippen LogP contribution is -2.32. The van der Waals surface area contributed by atoms with Gasteiger partial charge in [-0.15, -0.1) is 11.3 Å². The van der Waals surface area contributed by atoms with Crippen molar-refractivity contribution < 1.29 is 5.11 Å². The number of thiazole rings is 1. The molecule has 0 bridgehead atoms. The molecule has 0 radical (unpaired) electrons. The smallest absolute Gasteiger partial charge is 0.134 e. The number of hydrogen-bond acceptors (Lipinski definition) is 7. The third-order valence-electron chi connectivity index (χ3n) is 4.45. The second-order valence-electron chi connectivity index (χ2n) is 6.07. The lowest BCUT2D eigenvalue weighted by Gasteiger charge is -2.24. The topological polar surface area (TPSA) is 74.2 Å². The maximum absolute atomic E-state index is 9.47. The Morgan fingerprint density at radius 3 is 3.04 bits per heavy atom. The molecule has 1 saturated heterocycles. The number of aliphatic hydroxyl groups is 1. The first-order chi connectivity index (χ1) is 11.7. The van der Waals surface area contributed by atoms with Crippen molar-refractivity contribution in [1.29, 1.82) is 0 Å². The van der Waals surface area contributed by atoms with E-state index < -0.39 is 0 Å². The summed E-state index contributed by atoms with van der Waals surface area (Å²) in [6.45, 7) is 6.20. The van der Waals surface area contributed by atoms with Crippen molar-refractivity contribution in [2.45, 2.75) is 45.6 Å². The van der Waals surface area contributed by atoms with Gasteiger partial charge < -0.3 is 15.3 Å². The van der Waals surface area contributed by atoms with E-state index in [1.807, 2.05) is 6.07 Å². The highest BCUT2D eigenvalue weighted by Crippen LogP contribution is 2.24. The molecule has 1 aliphatic rings. The molecule has 6 nitrogen and oxygen atoms in total. The van der Waals surface area contributed by atoms with Gasteiger partial charge in [0.2, 0.25) is 0 Å². The van der Waals surface area contributed by atoms with Gasteiger partial charge in [0.15, 0.2) is 0 Å². The molecule has 1 aliphatic heterocycles. The van der Waals surface area contributed by atoms with Crippen molar-refractivity contribution in [2.75, 3.05) is 29.9 Å². The van der Waals surface area contributed by atoms with Crippen molar-refractivity contribution in [3.05, 3.63) is 28.0 Å². The molecule has 0 saturated carbocycles. The fourth-order valence-corrected chi connectivity index (χ4v) is 4.17. The van der Waals surface area contributed by atoms with Gasteiger partial charge >= 0.3 is 0 Å². The minimum atomic E-state index is 0.177. The number of hydrogen-bond donors (Lipinski definition) is 2. The van der Waals surface area contributed by atoms with Crippen LogP contribution in [0.25, 0.3) is 0 Å². The van der Waals surface area contributed by atoms with Crippen LogP contribution < -0.4 is 10.2 Å². The summed E-state index contributed by atoms with van der Waals surface area (Å²) in [4.78, 5) is 16.8. The third kappa shape index (κ3) is 3.84. The van der Waals surface area contributed by atoms with Crippen molar-refractivity contribution in [3.8, 4) is 0 Å². The molecule has 2 N–H and O–H groups in total. The number of rotatable bonds is 7. The SMILES string of the molecule is CCc1nc(CCNc2cc(N3CCCC3CO)ncn2)sc1C. The molecule has 0 spiro atoms. The second-order valence-corrected chi connectivity index (χ2v) is 7.36. The monoisotopic (exact) mass is 347 g/mol. The largest absolute Gasteiger partial charge is 0.394 e. The number of anilines is 2. The van der Waals surface area contributed by atoms with Gasteiger partial charge in [-0.3, -0.25) is 0 Å². The van der Waals surface area contributed by atoms with E-state index in [2.05, 4.69) is 39.0 Å². The third-order valence-corrected chi connectivity index (χ3v) is 5.52. The summed E-state index contributed by atoms with van der Waals surface area (Å²) in [5.74, 6) is 1.72. The van der Waals surface area contributed by atoms with Crippen LogP contribution in [0.4, 0.5) is 11.6 Å². The Bertz CT molecular complexity index is 675. The van der Waals surface area contributed by atoms with E-state index in [-0.39, 0.29) is 12.6 Å². The van der Waals surface area contributed by atoms with E-state index >= 15 is 0 Å². The van der Waals surface area contributed by atoms with Crippen LogP contribution in [0.2, 0.25) is 0 Å². The minimum Gasteiger partial charge on any atom is -0.394 e. The Morgan fingerprint density at radius 1 is 1.42 bits per heavy atom. The fourth-order valence-electron chi connectivity index (χ4n) is 3.15. The maximum Gasteiger partial charge on any atom is 0.134 e. The van der Waals surface area contributed by atoms with Gasteiger partial charge in [0, 0.05) is 30.5 Å². The summed E-state index contributed by atoms with van der Waals surface area (Å²) in [6, 6.07) is 2.15. The number of aryl methyl sites for hydroxylation is 2. The molecule has 3 rings (SSSR count). The average Bonchev–Trinajstić information content (AvgIpc) is 3.21. The zero-order valence-electron chi connectivity index (χ0n) is 14.3. The predicted octanol–water partition coefficient (Wildman–Crippen LogP) is 2.42. The Balaban J connectivity index is 1.58. The average molecular weight is 347 g/mol. The summed E-state index contributed by atoms with van der Waals surface area (Å²) in [5.41, 5.74) is 1.21. The molecule has 2 aromatic heterocycles.